The third kappa shape index (κ3) is 2.73. The van der Waals surface area contributed by atoms with Crippen molar-refractivity contribution >= 4 is 28.5 Å². The number of nitrogens with zero attached hydrogens (tertiary/aromatic N) is 1. The number of carbonyl (C=O) groups excluding carboxylic acids is 1. The van der Waals surface area contributed by atoms with Crippen molar-refractivity contribution < 1.29 is 14.7 Å². The Balaban J connectivity index is 2.13. The van der Waals surface area contributed by atoms with Crippen molar-refractivity contribution in [1.29, 1.82) is 0 Å². The molecule has 3 rings (SSSR count). The van der Waals surface area contributed by atoms with Gasteiger partial charge in [-0.25, -0.2) is 4.79 Å². The molecular weight excluding hydrogens is 310 g/mol. The van der Waals surface area contributed by atoms with E-state index in [2.05, 4.69) is 5.32 Å². The Labute approximate surface area is 138 Å². The number of hydrogen-bond donors (Lipinski definition) is 3. The number of carboxylic acids is 1. The summed E-state index contributed by atoms with van der Waals surface area (Å²) in [7, 11) is 0. The zero-order chi connectivity index (χ0) is 17.4. The molecule has 0 saturated heterocycles. The quantitative estimate of drug-likeness (QED) is 0.719. The van der Waals surface area contributed by atoms with Gasteiger partial charge in [0, 0.05) is 17.9 Å². The maximum absolute atomic E-state index is 12.7. The average Bonchev–Trinajstić information content (AvgIpc) is 3.37. The van der Waals surface area contributed by atoms with Crippen LogP contribution in [0.5, 0.6) is 0 Å². The summed E-state index contributed by atoms with van der Waals surface area (Å²) in [6.45, 7) is 1.65. The monoisotopic (exact) mass is 329 g/mol. The minimum atomic E-state index is -1.13. The van der Waals surface area contributed by atoms with Crippen LogP contribution in [0.2, 0.25) is 0 Å². The standard InChI is InChI=1S/C17H19N3O4/c1-2-12(17(23)24)19-16(22)10-8-20(9-6-7-9)13-5-3-4-11(18)14(13)15(10)21/h3-5,8-9,12H,2,6-7,18H2,1H3,(H,19,22)(H,23,24). The SMILES string of the molecule is CCC(NC(=O)c1cn(C2CC2)c2cccc(N)c2c1=O)C(=O)O. The number of carboxylic acid groups (broad SMARTS) is 1. The molecule has 2 aromatic rings. The van der Waals surface area contributed by atoms with Crippen LogP contribution < -0.4 is 16.5 Å². The summed E-state index contributed by atoms with van der Waals surface area (Å²) in [4.78, 5) is 36.3. The highest BCUT2D eigenvalue weighted by Gasteiger charge is 2.28. The van der Waals surface area contributed by atoms with E-state index in [1.807, 2.05) is 4.57 Å². The van der Waals surface area contributed by atoms with E-state index in [0.29, 0.717) is 16.6 Å². The fraction of sp³-hybridized carbons (Fsp3) is 0.353. The molecular formula is C17H19N3O4. The number of nitrogens with two attached hydrogens (primary N) is 1. The molecule has 1 amide bonds. The highest BCUT2D eigenvalue weighted by Crippen LogP contribution is 2.37. The van der Waals surface area contributed by atoms with E-state index in [1.54, 1.807) is 25.1 Å². The van der Waals surface area contributed by atoms with Crippen LogP contribution in [0.3, 0.4) is 0 Å². The number of nitrogens with one attached hydrogen (secondary N) is 1. The molecule has 0 spiro atoms. The van der Waals surface area contributed by atoms with E-state index >= 15 is 0 Å². The summed E-state index contributed by atoms with van der Waals surface area (Å²) in [6.07, 6.45) is 3.69. The van der Waals surface area contributed by atoms with E-state index in [-0.39, 0.29) is 18.0 Å². The summed E-state index contributed by atoms with van der Waals surface area (Å²) >= 11 is 0. The molecule has 0 aliphatic heterocycles. The van der Waals surface area contributed by atoms with Crippen LogP contribution in [-0.2, 0) is 4.79 Å². The van der Waals surface area contributed by atoms with Gasteiger partial charge in [0.15, 0.2) is 0 Å². The molecule has 7 nitrogen and oxygen atoms in total. The fourth-order valence-electron chi connectivity index (χ4n) is 2.81. The first-order chi connectivity index (χ1) is 11.4. The molecule has 0 radical (unpaired) electrons. The minimum absolute atomic E-state index is 0.0769. The van der Waals surface area contributed by atoms with Crippen molar-refractivity contribution in [3.05, 3.63) is 40.2 Å². The van der Waals surface area contributed by atoms with E-state index in [1.165, 1.54) is 6.20 Å². The number of hydrogen-bond acceptors (Lipinski definition) is 4. The molecule has 1 aromatic carbocycles. The van der Waals surface area contributed by atoms with Gasteiger partial charge in [0.1, 0.15) is 11.6 Å². The van der Waals surface area contributed by atoms with Gasteiger partial charge in [-0.05, 0) is 31.4 Å². The number of rotatable bonds is 5. The van der Waals surface area contributed by atoms with Crippen molar-refractivity contribution in [2.45, 2.75) is 38.3 Å². The van der Waals surface area contributed by atoms with Gasteiger partial charge in [0.25, 0.3) is 5.91 Å². The smallest absolute Gasteiger partial charge is 0.326 e. The van der Waals surface area contributed by atoms with Crippen LogP contribution >= 0.6 is 0 Å². The van der Waals surface area contributed by atoms with E-state index in [4.69, 9.17) is 10.8 Å². The lowest BCUT2D eigenvalue weighted by Gasteiger charge is -2.16. The van der Waals surface area contributed by atoms with Gasteiger partial charge >= 0.3 is 5.97 Å². The molecule has 0 bridgehead atoms. The molecule has 1 fully saturated rings. The second-order valence-corrected chi connectivity index (χ2v) is 6.02. The lowest BCUT2D eigenvalue weighted by atomic mass is 10.1. The Morgan fingerprint density at radius 2 is 2.12 bits per heavy atom. The molecule has 126 valence electrons. The van der Waals surface area contributed by atoms with Crippen molar-refractivity contribution in [2.24, 2.45) is 0 Å². The van der Waals surface area contributed by atoms with Crippen LogP contribution in [0, 0.1) is 0 Å². The molecule has 1 saturated carbocycles. The Morgan fingerprint density at radius 3 is 2.71 bits per heavy atom. The molecule has 24 heavy (non-hydrogen) atoms. The zero-order valence-electron chi connectivity index (χ0n) is 13.3. The van der Waals surface area contributed by atoms with Gasteiger partial charge in [-0.3, -0.25) is 9.59 Å². The topological polar surface area (TPSA) is 114 Å². The Kier molecular flexibility index (Phi) is 4.01. The van der Waals surface area contributed by atoms with Crippen LogP contribution in [0.15, 0.2) is 29.2 Å². The van der Waals surface area contributed by atoms with Crippen molar-refractivity contribution in [3.63, 3.8) is 0 Å². The maximum Gasteiger partial charge on any atom is 0.326 e. The Hall–Kier alpha value is -2.83. The molecule has 1 atom stereocenters. The van der Waals surface area contributed by atoms with Crippen LogP contribution in [0.25, 0.3) is 10.9 Å². The van der Waals surface area contributed by atoms with Crippen LogP contribution in [0.4, 0.5) is 5.69 Å². The third-order valence-electron chi connectivity index (χ3n) is 4.29. The van der Waals surface area contributed by atoms with Gasteiger partial charge in [-0.2, -0.15) is 0 Å². The number of fused-ring (bicyclic) bond motifs is 1. The molecule has 1 aliphatic carbocycles. The lowest BCUT2D eigenvalue weighted by molar-refractivity contribution is -0.139. The first-order valence-electron chi connectivity index (χ1n) is 7.91. The van der Waals surface area contributed by atoms with Gasteiger partial charge in [-0.1, -0.05) is 13.0 Å². The van der Waals surface area contributed by atoms with Crippen molar-refractivity contribution in [2.75, 3.05) is 5.73 Å². The first-order valence-corrected chi connectivity index (χ1v) is 7.91. The van der Waals surface area contributed by atoms with Crippen LogP contribution in [-0.4, -0.2) is 27.6 Å². The summed E-state index contributed by atoms with van der Waals surface area (Å²) in [5, 5.41) is 11.8. The summed E-state index contributed by atoms with van der Waals surface area (Å²) in [6, 6.07) is 4.40. The Bertz CT molecular complexity index is 883. The average molecular weight is 329 g/mol. The lowest BCUT2D eigenvalue weighted by Crippen LogP contribution is -2.42. The molecule has 1 heterocycles. The number of anilines is 1. The summed E-state index contributed by atoms with van der Waals surface area (Å²) in [5.41, 5.74) is 6.41. The van der Waals surface area contributed by atoms with E-state index in [9.17, 15) is 14.4 Å². The van der Waals surface area contributed by atoms with Gasteiger partial charge in [-0.15, -0.1) is 0 Å². The van der Waals surface area contributed by atoms with E-state index < -0.39 is 23.3 Å². The predicted octanol–water partition coefficient (Wildman–Crippen LogP) is 1.51. The molecule has 1 unspecified atom stereocenters. The second-order valence-electron chi connectivity index (χ2n) is 6.02. The predicted molar refractivity (Wildman–Crippen MR) is 90.1 cm³/mol. The molecule has 1 aromatic heterocycles. The number of carbonyl (C=O) groups is 2. The number of pyridine rings is 1. The largest absolute Gasteiger partial charge is 0.480 e. The number of amides is 1. The maximum atomic E-state index is 12.7. The van der Waals surface area contributed by atoms with Crippen molar-refractivity contribution in [1.82, 2.24) is 9.88 Å². The first kappa shape index (κ1) is 16.0. The second kappa shape index (κ2) is 5.99. The van der Waals surface area contributed by atoms with E-state index in [0.717, 1.165) is 12.8 Å². The molecule has 4 N–H and O–H groups in total. The minimum Gasteiger partial charge on any atom is -0.480 e. The summed E-state index contributed by atoms with van der Waals surface area (Å²) in [5.74, 6) is -1.82. The molecule has 1 aliphatic rings. The number of benzene rings is 1. The highest BCUT2D eigenvalue weighted by atomic mass is 16.4. The van der Waals surface area contributed by atoms with Gasteiger partial charge < -0.3 is 20.7 Å². The molecule has 7 heteroatoms. The van der Waals surface area contributed by atoms with Crippen LogP contribution in [0.1, 0.15) is 42.6 Å². The Morgan fingerprint density at radius 1 is 1.42 bits per heavy atom. The number of aliphatic carboxylic acids is 1. The fourth-order valence-corrected chi connectivity index (χ4v) is 2.81. The van der Waals surface area contributed by atoms with Crippen molar-refractivity contribution in [3.8, 4) is 0 Å². The van der Waals surface area contributed by atoms with Gasteiger partial charge in [0.05, 0.1) is 10.9 Å². The van der Waals surface area contributed by atoms with Gasteiger partial charge in [0.2, 0.25) is 5.43 Å². The third-order valence-corrected chi connectivity index (χ3v) is 4.29. The highest BCUT2D eigenvalue weighted by molar-refractivity contribution is 6.01. The zero-order valence-corrected chi connectivity index (χ0v) is 13.3. The normalized spacial score (nSPS) is 15.2. The number of aromatic nitrogens is 1. The summed E-state index contributed by atoms with van der Waals surface area (Å²) < 4.78 is 1.89. The number of nitrogen functional groups attached to an aromatic ring is 1.